The van der Waals surface area contributed by atoms with Crippen molar-refractivity contribution in [3.8, 4) is 0 Å². The standard InChI is InChI=1S/C24H29N3O2S/c1-14-6-8-17(10-15(14)2)26-20(28)12-27-13-25-22-21(23(27)29)18-9-7-16(24(3,4)5)11-19(18)30-22/h6,8,10,13,16H,7,9,11-12H2,1-5H3,(H,26,28). The molecule has 0 radical (unpaired) electrons. The lowest BCUT2D eigenvalue weighted by Gasteiger charge is -2.33. The minimum atomic E-state index is -0.224. The van der Waals surface area contributed by atoms with Crippen LogP contribution < -0.4 is 10.9 Å². The number of nitrogens with one attached hydrogen (secondary N) is 1. The van der Waals surface area contributed by atoms with Crippen molar-refractivity contribution in [3.05, 3.63) is 56.4 Å². The summed E-state index contributed by atoms with van der Waals surface area (Å²) in [6, 6.07) is 5.80. The zero-order valence-corrected chi connectivity index (χ0v) is 19.2. The molecule has 2 heterocycles. The van der Waals surface area contributed by atoms with E-state index in [4.69, 9.17) is 0 Å². The summed E-state index contributed by atoms with van der Waals surface area (Å²) >= 11 is 1.64. The third-order valence-electron chi connectivity index (χ3n) is 6.37. The molecule has 2 aromatic heterocycles. The van der Waals surface area contributed by atoms with Gasteiger partial charge in [-0.25, -0.2) is 4.98 Å². The highest BCUT2D eigenvalue weighted by Crippen LogP contribution is 2.41. The van der Waals surface area contributed by atoms with E-state index in [1.807, 2.05) is 32.0 Å². The lowest BCUT2D eigenvalue weighted by molar-refractivity contribution is -0.116. The number of anilines is 1. The zero-order valence-electron chi connectivity index (χ0n) is 18.3. The lowest BCUT2D eigenvalue weighted by atomic mass is 9.72. The van der Waals surface area contributed by atoms with Gasteiger partial charge in [-0.1, -0.05) is 26.8 Å². The molecule has 0 saturated heterocycles. The number of nitrogens with zero attached hydrogens (tertiary/aromatic N) is 2. The topological polar surface area (TPSA) is 64.0 Å². The number of hydrogen-bond donors (Lipinski definition) is 1. The molecule has 0 spiro atoms. The SMILES string of the molecule is Cc1ccc(NC(=O)Cn2cnc3sc4c(c3c2=O)CCC(C(C)(C)C)C4)cc1C. The van der Waals surface area contributed by atoms with Crippen molar-refractivity contribution in [1.29, 1.82) is 0 Å². The number of fused-ring (bicyclic) bond motifs is 3. The molecule has 6 heteroatoms. The quantitative estimate of drug-likeness (QED) is 0.654. The fourth-order valence-electron chi connectivity index (χ4n) is 4.23. The van der Waals surface area contributed by atoms with Crippen molar-refractivity contribution >= 4 is 33.1 Å². The van der Waals surface area contributed by atoms with Gasteiger partial charge in [-0.05, 0) is 73.3 Å². The second-order valence-electron chi connectivity index (χ2n) is 9.51. The number of carbonyl (C=O) groups excluding carboxylic acids is 1. The van der Waals surface area contributed by atoms with E-state index in [0.717, 1.165) is 40.9 Å². The molecule has 1 aliphatic carbocycles. The molecule has 30 heavy (non-hydrogen) atoms. The first-order chi connectivity index (χ1) is 14.1. The molecule has 1 unspecified atom stereocenters. The average molecular weight is 424 g/mol. The maximum absolute atomic E-state index is 13.2. The maximum atomic E-state index is 13.2. The van der Waals surface area contributed by atoms with E-state index in [1.54, 1.807) is 11.3 Å². The first kappa shape index (κ1) is 20.8. The van der Waals surface area contributed by atoms with Crippen LogP contribution in [0.1, 0.15) is 48.8 Å². The Balaban J connectivity index is 1.59. The Morgan fingerprint density at radius 3 is 2.73 bits per heavy atom. The predicted molar refractivity (Wildman–Crippen MR) is 123 cm³/mol. The van der Waals surface area contributed by atoms with Crippen molar-refractivity contribution in [2.45, 2.75) is 60.4 Å². The number of amides is 1. The minimum absolute atomic E-state index is 0.0378. The summed E-state index contributed by atoms with van der Waals surface area (Å²) in [5, 5.41) is 3.60. The number of carbonyl (C=O) groups is 1. The first-order valence-corrected chi connectivity index (χ1v) is 11.3. The predicted octanol–water partition coefficient (Wildman–Crippen LogP) is 4.86. The molecular weight excluding hydrogens is 394 g/mol. The highest BCUT2D eigenvalue weighted by atomic mass is 32.1. The van der Waals surface area contributed by atoms with Gasteiger partial charge in [0.2, 0.25) is 5.91 Å². The second-order valence-corrected chi connectivity index (χ2v) is 10.6. The van der Waals surface area contributed by atoms with Crippen LogP contribution in [0.15, 0.2) is 29.3 Å². The maximum Gasteiger partial charge on any atom is 0.262 e. The molecule has 1 atom stereocenters. The summed E-state index contributed by atoms with van der Waals surface area (Å²) in [6.45, 7) is 10.9. The number of rotatable bonds is 3. The molecule has 1 aromatic carbocycles. The molecule has 1 N–H and O–H groups in total. The zero-order chi connectivity index (χ0) is 21.6. The third kappa shape index (κ3) is 3.93. The Bertz CT molecular complexity index is 1180. The molecule has 1 aliphatic rings. The van der Waals surface area contributed by atoms with Gasteiger partial charge >= 0.3 is 0 Å². The van der Waals surface area contributed by atoms with Crippen molar-refractivity contribution in [3.63, 3.8) is 0 Å². The Hall–Kier alpha value is -2.47. The van der Waals surface area contributed by atoms with Crippen LogP contribution in [-0.4, -0.2) is 15.5 Å². The average Bonchev–Trinajstić information content (AvgIpc) is 3.05. The van der Waals surface area contributed by atoms with Crippen LogP contribution in [0.4, 0.5) is 5.69 Å². The molecule has 1 amide bonds. The molecule has 0 saturated carbocycles. The highest BCUT2D eigenvalue weighted by Gasteiger charge is 2.31. The van der Waals surface area contributed by atoms with Crippen molar-refractivity contribution in [2.75, 3.05) is 5.32 Å². The van der Waals surface area contributed by atoms with Gasteiger partial charge in [0.1, 0.15) is 11.4 Å². The van der Waals surface area contributed by atoms with Crippen molar-refractivity contribution < 1.29 is 4.79 Å². The molecule has 0 bridgehead atoms. The summed E-state index contributed by atoms with van der Waals surface area (Å²) in [5.41, 5.74) is 4.33. The largest absolute Gasteiger partial charge is 0.325 e. The van der Waals surface area contributed by atoms with Gasteiger partial charge < -0.3 is 5.32 Å². The van der Waals surface area contributed by atoms with Crippen LogP contribution in [0.25, 0.3) is 10.2 Å². The third-order valence-corrected chi connectivity index (χ3v) is 7.53. The van der Waals surface area contributed by atoms with Gasteiger partial charge in [-0.15, -0.1) is 11.3 Å². The summed E-state index contributed by atoms with van der Waals surface area (Å²) < 4.78 is 1.43. The van der Waals surface area contributed by atoms with Crippen LogP contribution in [-0.2, 0) is 24.2 Å². The molecule has 4 rings (SSSR count). The van der Waals surface area contributed by atoms with E-state index in [1.165, 1.54) is 21.3 Å². The smallest absolute Gasteiger partial charge is 0.262 e. The van der Waals surface area contributed by atoms with Gasteiger partial charge in [0.05, 0.1) is 11.7 Å². The molecule has 158 valence electrons. The fraction of sp³-hybridized carbons (Fsp3) is 0.458. The molecule has 5 nitrogen and oxygen atoms in total. The number of aryl methyl sites for hydroxylation is 3. The molecule has 0 fully saturated rings. The number of thiophene rings is 1. The normalized spacial score (nSPS) is 16.5. The first-order valence-electron chi connectivity index (χ1n) is 10.5. The Kier molecular flexibility index (Phi) is 5.30. The summed E-state index contributed by atoms with van der Waals surface area (Å²) in [5.74, 6) is 0.391. The highest BCUT2D eigenvalue weighted by molar-refractivity contribution is 7.18. The second kappa shape index (κ2) is 7.65. The van der Waals surface area contributed by atoms with E-state index < -0.39 is 0 Å². The van der Waals surface area contributed by atoms with Gasteiger partial charge in [0, 0.05) is 10.6 Å². The summed E-state index contributed by atoms with van der Waals surface area (Å²) in [7, 11) is 0. The lowest BCUT2D eigenvalue weighted by Crippen LogP contribution is -2.29. The van der Waals surface area contributed by atoms with E-state index in [-0.39, 0.29) is 23.4 Å². The number of aromatic nitrogens is 2. The van der Waals surface area contributed by atoms with Crippen LogP contribution in [0.5, 0.6) is 0 Å². The van der Waals surface area contributed by atoms with Gasteiger partial charge in [0.15, 0.2) is 0 Å². The summed E-state index contributed by atoms with van der Waals surface area (Å²) in [6.07, 6.45) is 4.51. The Morgan fingerprint density at radius 2 is 2.03 bits per heavy atom. The number of benzene rings is 1. The Labute approximate surface area is 181 Å². The van der Waals surface area contributed by atoms with Gasteiger partial charge in [-0.3, -0.25) is 14.2 Å². The Morgan fingerprint density at radius 1 is 1.27 bits per heavy atom. The van der Waals surface area contributed by atoms with Crippen molar-refractivity contribution in [1.82, 2.24) is 9.55 Å². The molecule has 0 aliphatic heterocycles. The van der Waals surface area contributed by atoms with Gasteiger partial charge in [0.25, 0.3) is 5.56 Å². The monoisotopic (exact) mass is 423 g/mol. The van der Waals surface area contributed by atoms with Gasteiger partial charge in [-0.2, -0.15) is 0 Å². The van der Waals surface area contributed by atoms with Crippen LogP contribution in [0.3, 0.4) is 0 Å². The fourth-order valence-corrected chi connectivity index (χ4v) is 5.49. The van der Waals surface area contributed by atoms with E-state index in [2.05, 4.69) is 31.1 Å². The number of hydrogen-bond acceptors (Lipinski definition) is 4. The minimum Gasteiger partial charge on any atom is -0.325 e. The summed E-state index contributed by atoms with van der Waals surface area (Å²) in [4.78, 5) is 32.3. The van der Waals surface area contributed by atoms with E-state index >= 15 is 0 Å². The van der Waals surface area contributed by atoms with E-state index in [9.17, 15) is 9.59 Å². The van der Waals surface area contributed by atoms with Crippen LogP contribution in [0.2, 0.25) is 0 Å². The van der Waals surface area contributed by atoms with Crippen LogP contribution >= 0.6 is 11.3 Å². The van der Waals surface area contributed by atoms with Crippen molar-refractivity contribution in [2.24, 2.45) is 11.3 Å². The molecular formula is C24H29N3O2S. The van der Waals surface area contributed by atoms with E-state index in [0.29, 0.717) is 11.3 Å². The molecule has 3 aromatic rings. The van der Waals surface area contributed by atoms with Crippen LogP contribution in [0, 0.1) is 25.2 Å².